The van der Waals surface area contributed by atoms with Gasteiger partial charge < -0.3 is 14.8 Å². The molecule has 0 spiro atoms. The fraction of sp³-hybridized carbons (Fsp3) is 0.500. The molecule has 2 rings (SSSR count). The van der Waals surface area contributed by atoms with Gasteiger partial charge in [-0.3, -0.25) is 0 Å². The molecule has 0 unspecified atom stereocenters. The molecule has 1 aromatic rings. The molecule has 1 aliphatic heterocycles. The molecule has 5 heteroatoms. The van der Waals surface area contributed by atoms with E-state index in [9.17, 15) is 9.90 Å². The van der Waals surface area contributed by atoms with E-state index in [1.165, 1.54) is 5.69 Å². The summed E-state index contributed by atoms with van der Waals surface area (Å²) in [5.41, 5.74) is 1.19. The zero-order valence-corrected chi connectivity index (χ0v) is 15.2. The molecule has 98 valence electrons. The van der Waals surface area contributed by atoms with Crippen LogP contribution in [-0.2, 0) is 4.79 Å². The maximum Gasteiger partial charge on any atom is 1.00 e. The van der Waals surface area contributed by atoms with Gasteiger partial charge in [-0.1, -0.05) is 11.6 Å². The second-order valence-corrected chi connectivity index (χ2v) is 5.25. The van der Waals surface area contributed by atoms with Crippen molar-refractivity contribution in [3.8, 4) is 0 Å². The number of carbonyl (C=O) groups excluding carboxylic acids is 1. The van der Waals surface area contributed by atoms with Gasteiger partial charge in [-0.05, 0) is 55.9 Å². The standard InChI is InChI=1S/C14H18ClNO2.K/c15-12-2-4-13(5-3-12)16-9-7-11(8-10-16)1-6-14(17)18;/h2-5,11H,1,6-10H2,(H,17,18);/q;+1/p-1. The van der Waals surface area contributed by atoms with E-state index < -0.39 is 5.97 Å². The Hall–Kier alpha value is 0.416. The molecule has 1 saturated heterocycles. The van der Waals surface area contributed by atoms with E-state index in [1.807, 2.05) is 24.3 Å². The molecule has 0 aromatic heterocycles. The minimum atomic E-state index is -0.935. The number of benzene rings is 1. The molecule has 0 amide bonds. The number of rotatable bonds is 4. The number of halogens is 1. The van der Waals surface area contributed by atoms with Gasteiger partial charge in [0, 0.05) is 29.8 Å². The molecule has 1 aromatic carbocycles. The van der Waals surface area contributed by atoms with Crippen molar-refractivity contribution in [1.82, 2.24) is 0 Å². The molecule has 0 saturated carbocycles. The van der Waals surface area contributed by atoms with Crippen LogP contribution >= 0.6 is 11.6 Å². The first-order valence-corrected chi connectivity index (χ1v) is 6.73. The number of piperidine rings is 1. The van der Waals surface area contributed by atoms with E-state index in [-0.39, 0.29) is 57.8 Å². The number of aliphatic carboxylic acids is 1. The maximum atomic E-state index is 10.4. The minimum absolute atomic E-state index is 0. The molecule has 0 aliphatic carbocycles. The topological polar surface area (TPSA) is 43.4 Å². The van der Waals surface area contributed by atoms with Crippen molar-refractivity contribution >= 4 is 23.3 Å². The number of nitrogens with zero attached hydrogens (tertiary/aromatic N) is 1. The zero-order valence-electron chi connectivity index (χ0n) is 11.3. The first-order valence-electron chi connectivity index (χ1n) is 6.35. The summed E-state index contributed by atoms with van der Waals surface area (Å²) in [7, 11) is 0. The largest absolute Gasteiger partial charge is 1.00 e. The molecule has 1 aliphatic rings. The van der Waals surface area contributed by atoms with E-state index in [1.54, 1.807) is 0 Å². The van der Waals surface area contributed by atoms with Crippen LogP contribution in [0.2, 0.25) is 5.02 Å². The Bertz CT molecular complexity index is 402. The van der Waals surface area contributed by atoms with Gasteiger partial charge in [0.1, 0.15) is 0 Å². The fourth-order valence-corrected chi connectivity index (χ4v) is 2.58. The summed E-state index contributed by atoms with van der Waals surface area (Å²) >= 11 is 5.86. The van der Waals surface area contributed by atoms with Crippen LogP contribution in [0.3, 0.4) is 0 Å². The van der Waals surface area contributed by atoms with E-state index in [2.05, 4.69) is 4.90 Å². The Morgan fingerprint density at radius 1 is 1.26 bits per heavy atom. The van der Waals surface area contributed by atoms with Crippen LogP contribution in [0.1, 0.15) is 25.7 Å². The number of carbonyl (C=O) groups is 1. The molecule has 1 heterocycles. The first-order chi connectivity index (χ1) is 8.65. The third kappa shape index (κ3) is 5.74. The van der Waals surface area contributed by atoms with Crippen LogP contribution in [0.5, 0.6) is 0 Å². The molecule has 19 heavy (non-hydrogen) atoms. The van der Waals surface area contributed by atoms with Crippen molar-refractivity contribution < 1.29 is 61.3 Å². The average molecular weight is 306 g/mol. The third-order valence-corrected chi connectivity index (χ3v) is 3.81. The molecule has 0 atom stereocenters. The maximum absolute atomic E-state index is 10.4. The van der Waals surface area contributed by atoms with E-state index in [0.29, 0.717) is 5.92 Å². The van der Waals surface area contributed by atoms with Crippen LogP contribution < -0.4 is 61.4 Å². The van der Waals surface area contributed by atoms with Gasteiger partial charge in [-0.2, -0.15) is 0 Å². The molecule has 0 bridgehead atoms. The van der Waals surface area contributed by atoms with Crippen LogP contribution in [0.4, 0.5) is 5.69 Å². The molecule has 0 radical (unpaired) electrons. The van der Waals surface area contributed by atoms with Crippen molar-refractivity contribution in [1.29, 1.82) is 0 Å². The van der Waals surface area contributed by atoms with Crippen LogP contribution in [0.25, 0.3) is 0 Å². The predicted octanol–water partition coefficient (Wildman–Crippen LogP) is -0.909. The van der Waals surface area contributed by atoms with Gasteiger partial charge >= 0.3 is 51.4 Å². The number of carboxylic acids is 1. The normalized spacial score (nSPS) is 15.9. The number of hydrogen-bond donors (Lipinski definition) is 0. The second kappa shape index (κ2) is 8.65. The summed E-state index contributed by atoms with van der Waals surface area (Å²) in [5.74, 6) is -0.415. The van der Waals surface area contributed by atoms with E-state index in [0.717, 1.165) is 37.4 Å². The molecular weight excluding hydrogens is 289 g/mol. The number of carboxylic acid groups (broad SMARTS) is 1. The van der Waals surface area contributed by atoms with Gasteiger partial charge in [0.05, 0.1) is 0 Å². The Labute approximate surface area is 161 Å². The predicted molar refractivity (Wildman–Crippen MR) is 70.6 cm³/mol. The molecule has 0 N–H and O–H groups in total. The second-order valence-electron chi connectivity index (χ2n) is 4.82. The van der Waals surface area contributed by atoms with Crippen LogP contribution in [-0.4, -0.2) is 19.1 Å². The van der Waals surface area contributed by atoms with Crippen LogP contribution in [0.15, 0.2) is 24.3 Å². The van der Waals surface area contributed by atoms with Gasteiger partial charge in [-0.25, -0.2) is 0 Å². The number of anilines is 1. The summed E-state index contributed by atoms with van der Waals surface area (Å²) < 4.78 is 0. The smallest absolute Gasteiger partial charge is 0.550 e. The van der Waals surface area contributed by atoms with Crippen LogP contribution in [0, 0.1) is 5.92 Å². The van der Waals surface area contributed by atoms with Crippen molar-refractivity contribution in [3.63, 3.8) is 0 Å². The van der Waals surface area contributed by atoms with Gasteiger partial charge in [0.25, 0.3) is 0 Å². The SMILES string of the molecule is O=C([O-])CCC1CCN(c2ccc(Cl)cc2)CC1.[K+]. The zero-order chi connectivity index (χ0) is 13.0. The third-order valence-electron chi connectivity index (χ3n) is 3.56. The quantitative estimate of drug-likeness (QED) is 0.677. The molecule has 1 fully saturated rings. The Kier molecular flexibility index (Phi) is 7.95. The molecule has 3 nitrogen and oxygen atoms in total. The minimum Gasteiger partial charge on any atom is -0.550 e. The van der Waals surface area contributed by atoms with Crippen molar-refractivity contribution in [2.24, 2.45) is 5.92 Å². The average Bonchev–Trinajstić information content (AvgIpc) is 2.38. The summed E-state index contributed by atoms with van der Waals surface area (Å²) in [6.45, 7) is 1.97. The van der Waals surface area contributed by atoms with Crippen molar-refractivity contribution in [3.05, 3.63) is 29.3 Å². The summed E-state index contributed by atoms with van der Waals surface area (Å²) in [4.78, 5) is 12.8. The Morgan fingerprint density at radius 3 is 2.37 bits per heavy atom. The number of hydrogen-bond acceptors (Lipinski definition) is 3. The van der Waals surface area contributed by atoms with Gasteiger partial charge in [-0.15, -0.1) is 0 Å². The monoisotopic (exact) mass is 305 g/mol. The summed E-state index contributed by atoms with van der Waals surface area (Å²) in [5, 5.41) is 11.2. The van der Waals surface area contributed by atoms with Gasteiger partial charge in [0.15, 0.2) is 0 Å². The fourth-order valence-electron chi connectivity index (χ4n) is 2.45. The Morgan fingerprint density at radius 2 is 1.84 bits per heavy atom. The summed E-state index contributed by atoms with van der Waals surface area (Å²) in [6, 6.07) is 7.87. The van der Waals surface area contributed by atoms with Crippen molar-refractivity contribution in [2.45, 2.75) is 25.7 Å². The summed E-state index contributed by atoms with van der Waals surface area (Å²) in [6.07, 6.45) is 3.04. The molecular formula is C14H17ClKNO2. The Balaban J connectivity index is 0.00000180. The van der Waals surface area contributed by atoms with Crippen molar-refractivity contribution in [2.75, 3.05) is 18.0 Å². The first kappa shape index (κ1) is 17.5. The van der Waals surface area contributed by atoms with E-state index in [4.69, 9.17) is 11.6 Å². The van der Waals surface area contributed by atoms with Gasteiger partial charge in [0.2, 0.25) is 0 Å². The van der Waals surface area contributed by atoms with E-state index >= 15 is 0 Å².